The predicted molar refractivity (Wildman–Crippen MR) is 135 cm³/mol. The van der Waals surface area contributed by atoms with Crippen molar-refractivity contribution >= 4 is 29.7 Å². The fourth-order valence-electron chi connectivity index (χ4n) is 6.46. The summed E-state index contributed by atoms with van der Waals surface area (Å²) < 4.78 is 6.73. The molecule has 2 bridgehead atoms. The van der Waals surface area contributed by atoms with E-state index in [1.165, 1.54) is 34.3 Å². The van der Waals surface area contributed by atoms with E-state index in [0.717, 1.165) is 5.90 Å². The quantitative estimate of drug-likeness (QED) is 0.498. The number of aliphatic imine (C=N–C) groups is 1. The zero-order chi connectivity index (χ0) is 21.9. The summed E-state index contributed by atoms with van der Waals surface area (Å²) in [5.41, 5.74) is 1.68. The molecule has 162 valence electrons. The summed E-state index contributed by atoms with van der Waals surface area (Å²) in [6.45, 7) is 7.30. The van der Waals surface area contributed by atoms with Gasteiger partial charge in [0, 0.05) is 11.5 Å². The van der Waals surface area contributed by atoms with Gasteiger partial charge >= 0.3 is 0 Å². The second kappa shape index (κ2) is 7.29. The van der Waals surface area contributed by atoms with Crippen molar-refractivity contribution in [3.05, 3.63) is 90.5 Å². The first-order valence-corrected chi connectivity index (χ1v) is 13.1. The fraction of sp³-hybridized carbons (Fsp3) is 0.345. The Morgan fingerprint density at radius 2 is 1.41 bits per heavy atom. The molecule has 2 aliphatic carbocycles. The van der Waals surface area contributed by atoms with Gasteiger partial charge in [-0.15, -0.1) is 0 Å². The third-order valence-corrected chi connectivity index (χ3v) is 11.1. The highest BCUT2D eigenvalue weighted by Crippen LogP contribution is 2.68. The van der Waals surface area contributed by atoms with Crippen LogP contribution in [0.15, 0.2) is 89.9 Å². The minimum Gasteiger partial charge on any atom is -0.472 e. The van der Waals surface area contributed by atoms with Crippen LogP contribution in [-0.4, -0.2) is 18.0 Å². The normalized spacial score (nSPS) is 29.6. The minimum atomic E-state index is -0.697. The maximum absolute atomic E-state index is 6.73. The van der Waals surface area contributed by atoms with Gasteiger partial charge in [-0.25, -0.2) is 4.99 Å². The van der Waals surface area contributed by atoms with Gasteiger partial charge in [0.05, 0.1) is 6.04 Å². The van der Waals surface area contributed by atoms with Crippen molar-refractivity contribution in [2.24, 2.45) is 21.7 Å². The van der Waals surface area contributed by atoms with Gasteiger partial charge in [-0.1, -0.05) is 99.6 Å². The number of ether oxygens (including phenoxy) is 1. The molecule has 0 aromatic heterocycles. The van der Waals surface area contributed by atoms with E-state index in [2.05, 4.69) is 106 Å². The topological polar surface area (TPSA) is 21.6 Å². The second-order valence-electron chi connectivity index (χ2n) is 10.3. The first-order chi connectivity index (χ1) is 15.5. The third-order valence-electron chi connectivity index (χ3n) is 8.64. The Morgan fingerprint density at radius 3 is 2.03 bits per heavy atom. The summed E-state index contributed by atoms with van der Waals surface area (Å²) in [4.78, 5) is 5.31. The van der Waals surface area contributed by atoms with Crippen LogP contribution in [0.25, 0.3) is 0 Å². The lowest BCUT2D eigenvalue weighted by Crippen LogP contribution is -2.36. The van der Waals surface area contributed by atoms with Crippen LogP contribution in [0.1, 0.15) is 39.2 Å². The largest absolute Gasteiger partial charge is 0.472 e. The lowest BCUT2D eigenvalue weighted by atomic mass is 9.69. The minimum absolute atomic E-state index is 0.225. The van der Waals surface area contributed by atoms with Gasteiger partial charge in [-0.3, -0.25) is 0 Å². The van der Waals surface area contributed by atoms with Crippen LogP contribution in [0.5, 0.6) is 0 Å². The molecule has 1 aliphatic heterocycles. The van der Waals surface area contributed by atoms with Crippen molar-refractivity contribution in [1.29, 1.82) is 0 Å². The molecule has 0 N–H and O–H groups in total. The average molecular weight is 440 g/mol. The van der Waals surface area contributed by atoms with Gasteiger partial charge in [-0.2, -0.15) is 0 Å². The Morgan fingerprint density at radius 1 is 0.812 bits per heavy atom. The van der Waals surface area contributed by atoms with Crippen LogP contribution in [0.2, 0.25) is 0 Å². The summed E-state index contributed by atoms with van der Waals surface area (Å²) in [6, 6.07) is 30.8. The lowest BCUT2D eigenvalue weighted by molar-refractivity contribution is 0.116. The van der Waals surface area contributed by atoms with Gasteiger partial charge in [-0.05, 0) is 53.6 Å². The molecule has 2 nitrogen and oxygen atoms in total. The first-order valence-electron chi connectivity index (χ1n) is 11.7. The van der Waals surface area contributed by atoms with Crippen LogP contribution in [-0.2, 0) is 4.74 Å². The van der Waals surface area contributed by atoms with Gasteiger partial charge in [0.2, 0.25) is 5.90 Å². The Balaban J connectivity index is 1.46. The first kappa shape index (κ1) is 20.2. The number of hydrogen-bond acceptors (Lipinski definition) is 2. The van der Waals surface area contributed by atoms with Crippen LogP contribution >= 0.6 is 7.92 Å². The Labute approximate surface area is 192 Å². The van der Waals surface area contributed by atoms with Gasteiger partial charge in [0.15, 0.2) is 0 Å². The van der Waals surface area contributed by atoms with Gasteiger partial charge in [0.25, 0.3) is 0 Å². The molecule has 3 aromatic rings. The molecule has 0 saturated heterocycles. The van der Waals surface area contributed by atoms with E-state index < -0.39 is 7.92 Å². The van der Waals surface area contributed by atoms with E-state index in [9.17, 15) is 0 Å². The molecule has 3 heteroatoms. The summed E-state index contributed by atoms with van der Waals surface area (Å²) in [5, 5.41) is 4.04. The van der Waals surface area contributed by atoms with Crippen LogP contribution in [0.3, 0.4) is 0 Å². The summed E-state index contributed by atoms with van der Waals surface area (Å²) in [5.74, 6) is 1.46. The van der Waals surface area contributed by atoms with Crippen molar-refractivity contribution in [3.8, 4) is 0 Å². The molecule has 2 fully saturated rings. The van der Waals surface area contributed by atoms with Gasteiger partial charge < -0.3 is 4.74 Å². The summed E-state index contributed by atoms with van der Waals surface area (Å²) >= 11 is 0. The molecule has 0 amide bonds. The van der Waals surface area contributed by atoms with E-state index in [-0.39, 0.29) is 23.0 Å². The van der Waals surface area contributed by atoms with E-state index in [1.54, 1.807) is 0 Å². The Hall–Kier alpha value is -2.44. The maximum atomic E-state index is 6.73. The second-order valence-corrected chi connectivity index (χ2v) is 12.5. The van der Waals surface area contributed by atoms with Crippen molar-refractivity contribution in [2.45, 2.75) is 45.8 Å². The standard InChI is InChI=1S/C29H30NOP/c1-28(2)23-18-19-29(28,3)26-25(23)31-27(30-26)22-16-10-11-17-24(22)32(20-12-6-4-7-13-20)21-14-8-5-9-15-21/h4-17,23,25-26H,18-19H2,1-3H3/t23-,25-,26-,29+/m1/s1. The van der Waals surface area contributed by atoms with Gasteiger partial charge in [0.1, 0.15) is 6.10 Å². The zero-order valence-electron chi connectivity index (χ0n) is 19.0. The molecular formula is C29H30NOP. The zero-order valence-corrected chi connectivity index (χ0v) is 19.9. The molecule has 0 unspecified atom stereocenters. The fourth-order valence-corrected chi connectivity index (χ4v) is 8.90. The smallest absolute Gasteiger partial charge is 0.217 e. The third kappa shape index (κ3) is 2.78. The number of fused-ring (bicyclic) bond motifs is 5. The lowest BCUT2D eigenvalue weighted by Gasteiger charge is -2.36. The number of rotatable bonds is 4. The monoisotopic (exact) mass is 439 g/mol. The highest BCUT2D eigenvalue weighted by atomic mass is 31.1. The van der Waals surface area contributed by atoms with Crippen LogP contribution in [0, 0.1) is 16.7 Å². The van der Waals surface area contributed by atoms with Crippen LogP contribution < -0.4 is 15.9 Å². The molecule has 4 atom stereocenters. The molecule has 0 radical (unpaired) electrons. The van der Waals surface area contributed by atoms with Crippen molar-refractivity contribution < 1.29 is 4.74 Å². The molecular weight excluding hydrogens is 409 g/mol. The molecule has 2 saturated carbocycles. The van der Waals surface area contributed by atoms with E-state index in [4.69, 9.17) is 9.73 Å². The van der Waals surface area contributed by atoms with Crippen molar-refractivity contribution in [3.63, 3.8) is 0 Å². The maximum Gasteiger partial charge on any atom is 0.217 e. The highest BCUT2D eigenvalue weighted by molar-refractivity contribution is 7.80. The van der Waals surface area contributed by atoms with Crippen LogP contribution in [0.4, 0.5) is 0 Å². The molecule has 1 heterocycles. The molecule has 32 heavy (non-hydrogen) atoms. The molecule has 6 rings (SSSR count). The number of benzene rings is 3. The summed E-state index contributed by atoms with van der Waals surface area (Å²) in [7, 11) is -0.697. The van der Waals surface area contributed by atoms with Crippen molar-refractivity contribution in [1.82, 2.24) is 0 Å². The predicted octanol–water partition coefficient (Wildman–Crippen LogP) is 5.41. The number of hydrogen-bond donors (Lipinski definition) is 0. The van der Waals surface area contributed by atoms with Crippen molar-refractivity contribution in [2.75, 3.05) is 0 Å². The van der Waals surface area contributed by atoms with E-state index in [0.29, 0.717) is 5.92 Å². The molecule has 3 aliphatic rings. The van der Waals surface area contributed by atoms with E-state index >= 15 is 0 Å². The SMILES string of the molecule is CC1(C)[C@@H]2CC[C@@]1(C)[C@@H]1N=C(c3ccccc3P(c3ccccc3)c3ccccc3)O[C@H]21. The highest BCUT2D eigenvalue weighted by Gasteiger charge is 2.69. The Kier molecular flexibility index (Phi) is 4.60. The molecule has 0 spiro atoms. The average Bonchev–Trinajstić information content (AvgIpc) is 3.40. The summed E-state index contributed by atoms with van der Waals surface area (Å²) in [6.07, 6.45) is 2.75. The van der Waals surface area contributed by atoms with E-state index in [1.807, 2.05) is 0 Å². The number of nitrogens with zero attached hydrogens (tertiary/aromatic N) is 1. The molecule has 3 aromatic carbocycles. The Bertz CT molecular complexity index is 1130.